The van der Waals surface area contributed by atoms with Gasteiger partial charge in [-0.25, -0.2) is 0 Å². The minimum Gasteiger partial charge on any atom is -0.497 e. The lowest BCUT2D eigenvalue weighted by molar-refractivity contribution is 0.403. The van der Waals surface area contributed by atoms with E-state index in [1.165, 1.54) is 5.56 Å². The van der Waals surface area contributed by atoms with Gasteiger partial charge in [0.2, 0.25) is 5.82 Å². The Hall–Kier alpha value is -3.97. The van der Waals surface area contributed by atoms with Gasteiger partial charge in [-0.15, -0.1) is 0 Å². The van der Waals surface area contributed by atoms with Crippen molar-refractivity contribution in [2.75, 3.05) is 12.0 Å². The number of allylic oxidation sites excluding steroid dienone is 1. The van der Waals surface area contributed by atoms with Gasteiger partial charge in [-0.05, 0) is 73.9 Å². The first-order chi connectivity index (χ1) is 17.5. The highest BCUT2D eigenvalue weighted by Crippen LogP contribution is 2.40. The largest absolute Gasteiger partial charge is 0.497 e. The van der Waals surface area contributed by atoms with Gasteiger partial charge < -0.3 is 14.6 Å². The van der Waals surface area contributed by atoms with Crippen LogP contribution >= 0.6 is 12.2 Å². The molecular weight excluding hydrogens is 468 g/mol. The van der Waals surface area contributed by atoms with Gasteiger partial charge in [0.25, 0.3) is 5.89 Å². The number of hydrogen-bond donors (Lipinski definition) is 1. The average molecular weight is 497 g/mol. The highest BCUT2D eigenvalue weighted by atomic mass is 32.1. The number of aryl methyl sites for hydroxylation is 2. The minimum absolute atomic E-state index is 0.287. The van der Waals surface area contributed by atoms with Crippen LogP contribution < -0.4 is 15.0 Å². The molecular formula is C29H28N4O2S. The topological polar surface area (TPSA) is 63.4 Å². The summed E-state index contributed by atoms with van der Waals surface area (Å²) < 4.78 is 11.4. The maximum atomic E-state index is 5.87. The van der Waals surface area contributed by atoms with Crippen LogP contribution in [0.5, 0.6) is 5.75 Å². The molecule has 1 aromatic heterocycles. The van der Waals surface area contributed by atoms with Gasteiger partial charge in [-0.3, -0.25) is 4.90 Å². The number of methoxy groups -OCH3 is 1. The summed E-state index contributed by atoms with van der Waals surface area (Å²) in [6.07, 6.45) is 0.977. The Morgan fingerprint density at radius 3 is 2.53 bits per heavy atom. The van der Waals surface area contributed by atoms with Gasteiger partial charge in [0.05, 0.1) is 18.7 Å². The van der Waals surface area contributed by atoms with Crippen LogP contribution in [-0.2, 0) is 6.42 Å². The van der Waals surface area contributed by atoms with Crippen molar-refractivity contribution in [2.24, 2.45) is 0 Å². The average Bonchev–Trinajstić information content (AvgIpc) is 3.38. The monoisotopic (exact) mass is 496 g/mol. The molecule has 0 bridgehead atoms. The summed E-state index contributed by atoms with van der Waals surface area (Å²) in [6.45, 7) is 6.23. The van der Waals surface area contributed by atoms with E-state index in [2.05, 4.69) is 41.7 Å². The standard InChI is InChI=1S/C29H28N4O2S/c1-5-20-12-14-23(15-13-20)33-19(3)25(26(30-29(33)36)21-9-7-11-24(17-21)34-4)28-31-27(32-35-28)22-10-6-8-18(2)16-22/h6-17,26H,5H2,1-4H3,(H,30,36). The Labute approximate surface area is 216 Å². The van der Waals surface area contributed by atoms with E-state index < -0.39 is 0 Å². The summed E-state index contributed by atoms with van der Waals surface area (Å²) in [5.74, 6) is 1.76. The zero-order valence-corrected chi connectivity index (χ0v) is 21.6. The molecule has 0 saturated heterocycles. The third-order valence-corrected chi connectivity index (χ3v) is 6.75. The number of aromatic nitrogens is 2. The van der Waals surface area contributed by atoms with E-state index in [1.54, 1.807) is 7.11 Å². The number of benzene rings is 3. The van der Waals surface area contributed by atoms with Crippen molar-refractivity contribution in [3.8, 4) is 17.1 Å². The summed E-state index contributed by atoms with van der Waals surface area (Å²) in [4.78, 5) is 6.84. The molecule has 182 valence electrons. The molecule has 1 atom stereocenters. The van der Waals surface area contributed by atoms with E-state index in [0.717, 1.165) is 45.8 Å². The van der Waals surface area contributed by atoms with Crippen LogP contribution in [0.3, 0.4) is 0 Å². The molecule has 1 unspecified atom stereocenters. The van der Waals surface area contributed by atoms with Crippen LogP contribution in [0.15, 0.2) is 83.0 Å². The molecule has 0 radical (unpaired) electrons. The first-order valence-electron chi connectivity index (χ1n) is 11.9. The van der Waals surface area contributed by atoms with E-state index in [1.807, 2.05) is 67.3 Å². The zero-order valence-electron chi connectivity index (χ0n) is 20.8. The fourth-order valence-electron chi connectivity index (χ4n) is 4.52. The second-order valence-electron chi connectivity index (χ2n) is 8.81. The SMILES string of the molecule is CCc1ccc(N2C(=S)NC(c3cccc(OC)c3)C(c3nc(-c4cccc(C)c4)no3)=C2C)cc1. The van der Waals surface area contributed by atoms with Gasteiger partial charge in [0.1, 0.15) is 5.75 Å². The maximum Gasteiger partial charge on any atom is 0.258 e. The number of nitrogens with zero attached hydrogens (tertiary/aromatic N) is 3. The van der Waals surface area contributed by atoms with Crippen molar-refractivity contribution < 1.29 is 9.26 Å². The smallest absolute Gasteiger partial charge is 0.258 e. The lowest BCUT2D eigenvalue weighted by atomic mass is 9.94. The van der Waals surface area contributed by atoms with Crippen LogP contribution in [0.2, 0.25) is 0 Å². The van der Waals surface area contributed by atoms with E-state index in [0.29, 0.717) is 16.8 Å². The quantitative estimate of drug-likeness (QED) is 0.306. The van der Waals surface area contributed by atoms with Gasteiger partial charge >= 0.3 is 0 Å². The Morgan fingerprint density at radius 1 is 1.03 bits per heavy atom. The molecule has 5 rings (SSSR count). The first-order valence-corrected chi connectivity index (χ1v) is 12.3. The molecule has 1 aliphatic rings. The summed E-state index contributed by atoms with van der Waals surface area (Å²) in [5.41, 5.74) is 7.07. The number of anilines is 1. The third-order valence-electron chi connectivity index (χ3n) is 6.45. The highest BCUT2D eigenvalue weighted by Gasteiger charge is 2.35. The molecule has 1 aliphatic heterocycles. The lowest BCUT2D eigenvalue weighted by Gasteiger charge is -2.37. The normalized spacial score (nSPS) is 15.7. The molecule has 0 aliphatic carbocycles. The molecule has 6 nitrogen and oxygen atoms in total. The van der Waals surface area contributed by atoms with E-state index in [4.69, 9.17) is 26.5 Å². The van der Waals surface area contributed by atoms with Crippen molar-refractivity contribution >= 4 is 28.6 Å². The van der Waals surface area contributed by atoms with E-state index >= 15 is 0 Å². The van der Waals surface area contributed by atoms with Gasteiger partial charge in [0.15, 0.2) is 5.11 Å². The zero-order chi connectivity index (χ0) is 25.2. The molecule has 1 N–H and O–H groups in total. The Kier molecular flexibility index (Phi) is 6.57. The van der Waals surface area contributed by atoms with Crippen LogP contribution in [0.25, 0.3) is 17.0 Å². The molecule has 0 fully saturated rings. The second kappa shape index (κ2) is 9.95. The molecule has 4 aromatic rings. The highest BCUT2D eigenvalue weighted by molar-refractivity contribution is 7.80. The van der Waals surface area contributed by atoms with Crippen LogP contribution in [-0.4, -0.2) is 22.4 Å². The molecule has 0 saturated carbocycles. The fourth-order valence-corrected chi connectivity index (χ4v) is 4.88. The van der Waals surface area contributed by atoms with E-state index in [-0.39, 0.29) is 6.04 Å². The number of hydrogen-bond acceptors (Lipinski definition) is 5. The fraction of sp³-hybridized carbons (Fsp3) is 0.207. The summed E-state index contributed by atoms with van der Waals surface area (Å²) in [5, 5.41) is 8.43. The minimum atomic E-state index is -0.287. The number of thiocarbonyl (C=S) groups is 1. The van der Waals surface area contributed by atoms with Crippen molar-refractivity contribution in [2.45, 2.75) is 33.2 Å². The van der Waals surface area contributed by atoms with Gasteiger partial charge in [-0.2, -0.15) is 4.98 Å². The van der Waals surface area contributed by atoms with Crippen molar-refractivity contribution in [1.29, 1.82) is 0 Å². The summed E-state index contributed by atoms with van der Waals surface area (Å²) in [7, 11) is 1.66. The van der Waals surface area contributed by atoms with Gasteiger partial charge in [0, 0.05) is 16.9 Å². The van der Waals surface area contributed by atoms with E-state index in [9.17, 15) is 0 Å². The molecule has 2 heterocycles. The maximum absolute atomic E-state index is 5.87. The van der Waals surface area contributed by atoms with Gasteiger partial charge in [-0.1, -0.05) is 60.1 Å². The summed E-state index contributed by atoms with van der Waals surface area (Å²) in [6, 6.07) is 24.1. The van der Waals surface area contributed by atoms with Crippen molar-refractivity contribution in [1.82, 2.24) is 15.5 Å². The van der Waals surface area contributed by atoms with Crippen molar-refractivity contribution in [3.05, 3.63) is 101 Å². The molecule has 0 amide bonds. The van der Waals surface area contributed by atoms with Crippen molar-refractivity contribution in [3.63, 3.8) is 0 Å². The first kappa shape index (κ1) is 23.8. The second-order valence-corrected chi connectivity index (χ2v) is 9.19. The number of nitrogens with one attached hydrogen (secondary N) is 1. The van der Waals surface area contributed by atoms with Crippen LogP contribution in [0.1, 0.15) is 42.5 Å². The Morgan fingerprint density at radius 2 is 1.81 bits per heavy atom. The summed E-state index contributed by atoms with van der Waals surface area (Å²) >= 11 is 5.87. The molecule has 7 heteroatoms. The predicted octanol–water partition coefficient (Wildman–Crippen LogP) is 6.48. The third kappa shape index (κ3) is 4.50. The van der Waals surface area contributed by atoms with Crippen LogP contribution in [0, 0.1) is 6.92 Å². The Bertz CT molecular complexity index is 1440. The molecule has 36 heavy (non-hydrogen) atoms. The predicted molar refractivity (Wildman–Crippen MR) is 147 cm³/mol. The molecule has 0 spiro atoms. The molecule has 3 aromatic carbocycles. The number of ether oxygens (including phenoxy) is 1. The van der Waals surface area contributed by atoms with Crippen LogP contribution in [0.4, 0.5) is 5.69 Å². The Balaban J connectivity index is 1.65. The number of rotatable bonds is 6. The lowest BCUT2D eigenvalue weighted by Crippen LogP contribution is -2.46.